The number of halogens is 1. The molecule has 0 atom stereocenters. The molecule has 1 aliphatic heterocycles. The summed E-state index contributed by atoms with van der Waals surface area (Å²) in [6, 6.07) is 8.29. The van der Waals surface area contributed by atoms with Crippen molar-refractivity contribution in [2.75, 3.05) is 58.4 Å². The van der Waals surface area contributed by atoms with E-state index in [1.54, 1.807) is 31.4 Å². The van der Waals surface area contributed by atoms with Crippen LogP contribution in [0.3, 0.4) is 0 Å². The molecule has 0 bridgehead atoms. The van der Waals surface area contributed by atoms with Crippen LogP contribution in [0.5, 0.6) is 23.1 Å². The monoisotopic (exact) mass is 515 g/mol. The fourth-order valence-corrected chi connectivity index (χ4v) is 3.90. The summed E-state index contributed by atoms with van der Waals surface area (Å²) in [6.07, 6.45) is 2.27. The van der Waals surface area contributed by atoms with Crippen LogP contribution < -0.4 is 24.8 Å². The van der Waals surface area contributed by atoms with Crippen LogP contribution in [0.25, 0.3) is 10.9 Å². The van der Waals surface area contributed by atoms with E-state index in [0.29, 0.717) is 57.9 Å². The first-order chi connectivity index (χ1) is 17.6. The van der Waals surface area contributed by atoms with Gasteiger partial charge in [0.15, 0.2) is 11.5 Å². The maximum absolute atomic E-state index is 11.9. The van der Waals surface area contributed by atoms with Crippen molar-refractivity contribution >= 4 is 34.2 Å². The van der Waals surface area contributed by atoms with Gasteiger partial charge in [0.2, 0.25) is 5.88 Å². The van der Waals surface area contributed by atoms with E-state index < -0.39 is 0 Å². The first-order valence-electron chi connectivity index (χ1n) is 11.8. The number of amides is 2. The van der Waals surface area contributed by atoms with Gasteiger partial charge in [-0.1, -0.05) is 18.5 Å². The zero-order chi connectivity index (χ0) is 25.3. The lowest BCUT2D eigenvalue weighted by Gasteiger charge is -2.26. The number of ether oxygens (including phenoxy) is 4. The Morgan fingerprint density at radius 1 is 1.17 bits per heavy atom. The molecule has 11 heteroatoms. The molecule has 0 aliphatic carbocycles. The number of anilines is 1. The van der Waals surface area contributed by atoms with Gasteiger partial charge in [0.1, 0.15) is 18.7 Å². The van der Waals surface area contributed by atoms with Gasteiger partial charge in [0.25, 0.3) is 0 Å². The van der Waals surface area contributed by atoms with Crippen LogP contribution in [0, 0.1) is 0 Å². The third kappa shape index (κ3) is 6.66. The molecule has 4 rings (SSSR count). The van der Waals surface area contributed by atoms with Gasteiger partial charge < -0.3 is 29.6 Å². The predicted octanol–water partition coefficient (Wildman–Crippen LogP) is 4.33. The second kappa shape index (κ2) is 12.6. The van der Waals surface area contributed by atoms with Crippen LogP contribution >= 0.6 is 11.6 Å². The summed E-state index contributed by atoms with van der Waals surface area (Å²) in [4.78, 5) is 22.9. The summed E-state index contributed by atoms with van der Waals surface area (Å²) >= 11 is 6.36. The first kappa shape index (κ1) is 25.7. The Hall–Kier alpha value is -3.34. The zero-order valence-electron chi connectivity index (χ0n) is 20.4. The fraction of sp³-hybridized carbons (Fsp3) is 0.400. The number of aromatic nitrogens is 2. The van der Waals surface area contributed by atoms with Gasteiger partial charge in [0.05, 0.1) is 41.9 Å². The molecule has 2 N–H and O–H groups in total. The van der Waals surface area contributed by atoms with Crippen LogP contribution in [0.1, 0.15) is 13.3 Å². The number of hydrogen-bond acceptors (Lipinski definition) is 8. The smallest absolute Gasteiger partial charge is 0.319 e. The molecule has 1 saturated heterocycles. The molecule has 192 valence electrons. The van der Waals surface area contributed by atoms with Crippen molar-refractivity contribution in [3.8, 4) is 23.1 Å². The number of morpholine rings is 1. The average Bonchev–Trinajstić information content (AvgIpc) is 2.89. The molecular weight excluding hydrogens is 486 g/mol. The maximum atomic E-state index is 11.9. The summed E-state index contributed by atoms with van der Waals surface area (Å²) in [5.41, 5.74) is 1.13. The summed E-state index contributed by atoms with van der Waals surface area (Å²) in [6.45, 7) is 7.18. The first-order valence-corrected chi connectivity index (χ1v) is 12.2. The second-order valence-corrected chi connectivity index (χ2v) is 8.53. The Kier molecular flexibility index (Phi) is 8.99. The third-order valence-corrected chi connectivity index (χ3v) is 5.90. The Morgan fingerprint density at radius 3 is 2.75 bits per heavy atom. The maximum Gasteiger partial charge on any atom is 0.319 e. The highest BCUT2D eigenvalue weighted by Gasteiger charge is 2.15. The Bertz CT molecular complexity index is 1190. The molecule has 10 nitrogen and oxygen atoms in total. The number of rotatable bonds is 10. The number of nitrogens with zero attached hydrogens (tertiary/aromatic N) is 3. The van der Waals surface area contributed by atoms with E-state index in [1.807, 2.05) is 13.0 Å². The number of hydrogen-bond donors (Lipinski definition) is 2. The number of benzene rings is 2. The Balaban J connectivity index is 1.47. The minimum absolute atomic E-state index is 0.315. The van der Waals surface area contributed by atoms with Crippen LogP contribution in [0.4, 0.5) is 10.5 Å². The second-order valence-electron chi connectivity index (χ2n) is 8.13. The largest absolute Gasteiger partial charge is 0.493 e. The number of carbonyl (C=O) groups is 1. The number of carbonyl (C=O) groups excluding carboxylic acids is 1. The van der Waals surface area contributed by atoms with Crippen molar-refractivity contribution in [3.63, 3.8) is 0 Å². The van der Waals surface area contributed by atoms with Gasteiger partial charge in [-0.3, -0.25) is 4.90 Å². The van der Waals surface area contributed by atoms with Gasteiger partial charge in [-0.2, -0.15) is 0 Å². The number of nitrogens with one attached hydrogen (secondary N) is 2. The lowest BCUT2D eigenvalue weighted by molar-refractivity contribution is 0.0321. The van der Waals surface area contributed by atoms with Gasteiger partial charge in [-0.05, 0) is 24.6 Å². The standard InChI is InChI=1S/C25H30ClN5O5/c1-3-6-27-25(32)30-20-5-4-17(13-19(20)26)36-24-18-14-22(33-2)23(15-21(18)28-16-29-24)35-12-9-31-7-10-34-11-8-31/h4-5,13-16H,3,6-12H2,1-2H3,(H2,27,30,32). The molecular formula is C25H30ClN5O5. The molecule has 2 aromatic carbocycles. The van der Waals surface area contributed by atoms with Crippen molar-refractivity contribution in [2.45, 2.75) is 13.3 Å². The predicted molar refractivity (Wildman–Crippen MR) is 138 cm³/mol. The van der Waals surface area contributed by atoms with E-state index in [9.17, 15) is 4.79 Å². The van der Waals surface area contributed by atoms with Crippen LogP contribution in [-0.4, -0.2) is 74.0 Å². The van der Waals surface area contributed by atoms with Crippen LogP contribution in [0.15, 0.2) is 36.7 Å². The minimum Gasteiger partial charge on any atom is -0.493 e. The van der Waals surface area contributed by atoms with Gasteiger partial charge in [0, 0.05) is 38.3 Å². The van der Waals surface area contributed by atoms with Crippen molar-refractivity contribution in [1.29, 1.82) is 0 Å². The highest BCUT2D eigenvalue weighted by atomic mass is 35.5. The fourth-order valence-electron chi connectivity index (χ4n) is 3.68. The molecule has 0 spiro atoms. The molecule has 0 unspecified atom stereocenters. The number of urea groups is 1. The molecule has 1 aromatic heterocycles. The minimum atomic E-state index is -0.315. The molecule has 3 aromatic rings. The summed E-state index contributed by atoms with van der Waals surface area (Å²) in [5.74, 6) is 1.96. The van der Waals surface area contributed by atoms with E-state index >= 15 is 0 Å². The molecule has 0 radical (unpaired) electrons. The van der Waals surface area contributed by atoms with E-state index in [2.05, 4.69) is 25.5 Å². The van der Waals surface area contributed by atoms with Crippen LogP contribution in [0.2, 0.25) is 5.02 Å². The lowest BCUT2D eigenvalue weighted by Crippen LogP contribution is -2.38. The Labute approximate surface area is 214 Å². The summed E-state index contributed by atoms with van der Waals surface area (Å²) in [7, 11) is 1.59. The summed E-state index contributed by atoms with van der Waals surface area (Å²) < 4.78 is 23.0. The topological polar surface area (TPSA) is 107 Å². The Morgan fingerprint density at radius 2 is 2.00 bits per heavy atom. The average molecular weight is 516 g/mol. The molecule has 1 fully saturated rings. The highest BCUT2D eigenvalue weighted by Crippen LogP contribution is 2.37. The van der Waals surface area contributed by atoms with Gasteiger partial charge >= 0.3 is 6.03 Å². The normalized spacial score (nSPS) is 13.9. The van der Waals surface area contributed by atoms with Gasteiger partial charge in [-0.15, -0.1) is 0 Å². The third-order valence-electron chi connectivity index (χ3n) is 5.59. The van der Waals surface area contributed by atoms with Crippen molar-refractivity contribution in [3.05, 3.63) is 41.7 Å². The molecule has 0 saturated carbocycles. The summed E-state index contributed by atoms with van der Waals surface area (Å²) in [5, 5.41) is 6.46. The van der Waals surface area contributed by atoms with E-state index in [-0.39, 0.29) is 6.03 Å². The quantitative estimate of drug-likeness (QED) is 0.411. The van der Waals surface area contributed by atoms with E-state index in [1.165, 1.54) is 6.33 Å². The lowest BCUT2D eigenvalue weighted by atomic mass is 10.2. The molecule has 36 heavy (non-hydrogen) atoms. The highest BCUT2D eigenvalue weighted by molar-refractivity contribution is 6.33. The molecule has 1 aliphatic rings. The van der Waals surface area contributed by atoms with E-state index in [0.717, 1.165) is 39.3 Å². The van der Waals surface area contributed by atoms with Gasteiger partial charge in [-0.25, -0.2) is 14.8 Å². The zero-order valence-corrected chi connectivity index (χ0v) is 21.1. The number of fused-ring (bicyclic) bond motifs is 1. The van der Waals surface area contributed by atoms with Crippen molar-refractivity contribution in [1.82, 2.24) is 20.2 Å². The molecule has 2 heterocycles. The molecule has 2 amide bonds. The van der Waals surface area contributed by atoms with Crippen molar-refractivity contribution < 1.29 is 23.7 Å². The van der Waals surface area contributed by atoms with Crippen molar-refractivity contribution in [2.24, 2.45) is 0 Å². The van der Waals surface area contributed by atoms with E-state index in [4.69, 9.17) is 30.5 Å². The SMILES string of the molecule is CCCNC(=O)Nc1ccc(Oc2ncnc3cc(OCCN4CCOCC4)c(OC)cc23)cc1Cl. The van der Waals surface area contributed by atoms with Crippen LogP contribution in [-0.2, 0) is 4.74 Å². The number of methoxy groups -OCH3 is 1.